The number of morpholine rings is 1. The lowest BCUT2D eigenvalue weighted by molar-refractivity contribution is 0.0336. The number of hydrogen-bond donors (Lipinski definition) is 2. The highest BCUT2D eigenvalue weighted by Gasteiger charge is 2.18. The quantitative estimate of drug-likeness (QED) is 0.326. The van der Waals surface area contributed by atoms with Crippen LogP contribution in [0, 0.1) is 6.92 Å². The molecule has 0 bridgehead atoms. The van der Waals surface area contributed by atoms with Crippen LogP contribution in [-0.2, 0) is 16.7 Å². The third-order valence-corrected chi connectivity index (χ3v) is 6.92. The van der Waals surface area contributed by atoms with Crippen molar-refractivity contribution in [1.29, 1.82) is 0 Å². The molecule has 7 nitrogen and oxygen atoms in total. The number of carbonyl (C=O) groups is 1. The van der Waals surface area contributed by atoms with Crippen molar-refractivity contribution in [3.63, 3.8) is 0 Å². The van der Waals surface area contributed by atoms with Gasteiger partial charge in [-0.25, -0.2) is 4.79 Å². The molecule has 3 heterocycles. The van der Waals surface area contributed by atoms with Gasteiger partial charge in [-0.2, -0.15) is 0 Å². The number of rotatable bonds is 5. The van der Waals surface area contributed by atoms with Gasteiger partial charge in [0, 0.05) is 59.8 Å². The van der Waals surface area contributed by atoms with E-state index < -0.39 is 0 Å². The topological polar surface area (TPSA) is 79.4 Å². The molecule has 2 N–H and O–H groups in total. The number of carbonyl (C=O) groups excluding carboxylic acids is 1. The second-order valence-corrected chi connectivity index (χ2v) is 10.8. The van der Waals surface area contributed by atoms with E-state index in [2.05, 4.69) is 59.5 Å². The maximum absolute atomic E-state index is 13.0. The van der Waals surface area contributed by atoms with Crippen molar-refractivity contribution in [2.75, 3.05) is 36.9 Å². The number of ether oxygens (including phenoxy) is 1. The van der Waals surface area contributed by atoms with E-state index in [1.165, 1.54) is 0 Å². The van der Waals surface area contributed by atoms with Crippen LogP contribution in [0.2, 0.25) is 0 Å². The molecular formula is C31H35N5O2. The van der Waals surface area contributed by atoms with Gasteiger partial charge in [-0.05, 0) is 41.6 Å². The number of amides is 2. The molecule has 196 valence electrons. The Morgan fingerprint density at radius 1 is 0.921 bits per heavy atom. The summed E-state index contributed by atoms with van der Waals surface area (Å²) in [6.07, 6.45) is 3.75. The summed E-state index contributed by atoms with van der Waals surface area (Å²) in [4.78, 5) is 24.7. The minimum absolute atomic E-state index is 0.109. The number of nitrogens with one attached hydrogen (secondary N) is 2. The van der Waals surface area contributed by atoms with Gasteiger partial charge in [-0.1, -0.05) is 57.2 Å². The van der Waals surface area contributed by atoms with Gasteiger partial charge in [0.2, 0.25) is 0 Å². The minimum atomic E-state index is -0.286. The Balaban J connectivity index is 1.36. The van der Waals surface area contributed by atoms with Gasteiger partial charge >= 0.3 is 6.03 Å². The van der Waals surface area contributed by atoms with E-state index in [0.29, 0.717) is 0 Å². The third-order valence-electron chi connectivity index (χ3n) is 6.92. The molecule has 0 atom stereocenters. The Labute approximate surface area is 224 Å². The van der Waals surface area contributed by atoms with Crippen molar-refractivity contribution in [2.24, 2.45) is 0 Å². The number of aromatic nitrogens is 2. The monoisotopic (exact) mass is 509 g/mol. The van der Waals surface area contributed by atoms with Crippen LogP contribution in [-0.4, -0.2) is 47.2 Å². The fourth-order valence-electron chi connectivity index (χ4n) is 4.67. The molecule has 1 aliphatic rings. The lowest BCUT2D eigenvalue weighted by Gasteiger charge is -2.26. The molecule has 0 saturated carbocycles. The summed E-state index contributed by atoms with van der Waals surface area (Å²) in [7, 11) is 0. The third kappa shape index (κ3) is 5.85. The van der Waals surface area contributed by atoms with Crippen LogP contribution >= 0.6 is 0 Å². The van der Waals surface area contributed by atoms with E-state index in [0.717, 1.165) is 83.1 Å². The molecular weight excluding hydrogens is 474 g/mol. The number of fused-ring (bicyclic) bond motifs is 1. The molecule has 38 heavy (non-hydrogen) atoms. The molecule has 0 spiro atoms. The molecule has 2 aromatic carbocycles. The number of benzene rings is 2. The standard InChI is InChI=1S/C31H35N5O2/c1-21-18-33-29(31(2,3)4)17-28(21)35-30(37)34-27-12-11-24(25-7-5-6-8-26(25)27)22-9-10-23(32-19-22)20-36-13-15-38-16-14-36/h5-12,17-19H,13-16,20H2,1-4H3,(H2,33,34,35,37). The van der Waals surface area contributed by atoms with Crippen molar-refractivity contribution in [3.8, 4) is 11.1 Å². The summed E-state index contributed by atoms with van der Waals surface area (Å²) in [6.45, 7) is 12.5. The van der Waals surface area contributed by atoms with E-state index in [1.807, 2.05) is 49.5 Å². The number of urea groups is 1. The average Bonchev–Trinajstić information content (AvgIpc) is 2.91. The van der Waals surface area contributed by atoms with Crippen LogP contribution in [0.3, 0.4) is 0 Å². The molecule has 2 amide bonds. The number of anilines is 2. The molecule has 7 heteroatoms. The van der Waals surface area contributed by atoms with Gasteiger partial charge in [-0.15, -0.1) is 0 Å². The van der Waals surface area contributed by atoms with Crippen LogP contribution in [0.25, 0.3) is 21.9 Å². The van der Waals surface area contributed by atoms with E-state index in [9.17, 15) is 4.79 Å². The Morgan fingerprint density at radius 3 is 2.37 bits per heavy atom. The largest absolute Gasteiger partial charge is 0.379 e. The minimum Gasteiger partial charge on any atom is -0.379 e. The van der Waals surface area contributed by atoms with Crippen molar-refractivity contribution in [1.82, 2.24) is 14.9 Å². The maximum Gasteiger partial charge on any atom is 0.323 e. The first-order chi connectivity index (χ1) is 18.3. The van der Waals surface area contributed by atoms with Crippen LogP contribution in [0.5, 0.6) is 0 Å². The molecule has 1 aliphatic heterocycles. The van der Waals surface area contributed by atoms with E-state index >= 15 is 0 Å². The number of hydrogen-bond acceptors (Lipinski definition) is 5. The highest BCUT2D eigenvalue weighted by atomic mass is 16.5. The Bertz CT molecular complexity index is 1440. The first kappa shape index (κ1) is 25.8. The van der Waals surface area contributed by atoms with Crippen molar-refractivity contribution in [2.45, 2.75) is 39.7 Å². The lowest BCUT2D eigenvalue weighted by atomic mass is 9.91. The predicted octanol–water partition coefficient (Wildman–Crippen LogP) is 6.38. The maximum atomic E-state index is 13.0. The fraction of sp³-hybridized carbons (Fsp3) is 0.323. The zero-order chi connectivity index (χ0) is 26.7. The first-order valence-corrected chi connectivity index (χ1v) is 13.1. The van der Waals surface area contributed by atoms with Crippen LogP contribution in [0.15, 0.2) is 67.0 Å². The second kappa shape index (κ2) is 10.9. The molecule has 5 rings (SSSR count). The molecule has 0 unspecified atom stereocenters. The lowest BCUT2D eigenvalue weighted by Crippen LogP contribution is -2.35. The highest BCUT2D eigenvalue weighted by Crippen LogP contribution is 2.33. The zero-order valence-electron chi connectivity index (χ0n) is 22.5. The summed E-state index contributed by atoms with van der Waals surface area (Å²) in [6, 6.07) is 18.0. The van der Waals surface area contributed by atoms with Gasteiger partial charge in [-0.3, -0.25) is 14.9 Å². The summed E-state index contributed by atoms with van der Waals surface area (Å²) < 4.78 is 5.45. The summed E-state index contributed by atoms with van der Waals surface area (Å²) >= 11 is 0. The van der Waals surface area contributed by atoms with Gasteiger partial charge in [0.1, 0.15) is 0 Å². The predicted molar refractivity (Wildman–Crippen MR) is 154 cm³/mol. The van der Waals surface area contributed by atoms with Crippen molar-refractivity contribution >= 4 is 28.2 Å². The molecule has 0 radical (unpaired) electrons. The zero-order valence-corrected chi connectivity index (χ0v) is 22.5. The SMILES string of the molecule is Cc1cnc(C(C)(C)C)cc1NC(=O)Nc1ccc(-c2ccc(CN3CCOCC3)nc2)c2ccccc12. The van der Waals surface area contributed by atoms with E-state index in [-0.39, 0.29) is 11.4 Å². The summed E-state index contributed by atoms with van der Waals surface area (Å²) in [5, 5.41) is 8.09. The number of aryl methyl sites for hydroxylation is 1. The van der Waals surface area contributed by atoms with Crippen LogP contribution in [0.1, 0.15) is 37.7 Å². The van der Waals surface area contributed by atoms with Crippen molar-refractivity contribution in [3.05, 3.63) is 83.9 Å². The Morgan fingerprint density at radius 2 is 1.66 bits per heavy atom. The van der Waals surface area contributed by atoms with E-state index in [4.69, 9.17) is 9.72 Å². The average molecular weight is 510 g/mol. The van der Waals surface area contributed by atoms with Gasteiger partial charge < -0.3 is 15.4 Å². The molecule has 1 saturated heterocycles. The van der Waals surface area contributed by atoms with Gasteiger partial charge in [0.15, 0.2) is 0 Å². The first-order valence-electron chi connectivity index (χ1n) is 13.1. The second-order valence-electron chi connectivity index (χ2n) is 10.8. The molecule has 0 aliphatic carbocycles. The van der Waals surface area contributed by atoms with Crippen molar-refractivity contribution < 1.29 is 9.53 Å². The van der Waals surface area contributed by atoms with Gasteiger partial charge in [0.25, 0.3) is 0 Å². The summed E-state index contributed by atoms with van der Waals surface area (Å²) in [5.74, 6) is 0. The normalized spacial score (nSPS) is 14.4. The molecule has 1 fully saturated rings. The molecule has 2 aromatic heterocycles. The Kier molecular flexibility index (Phi) is 7.40. The summed E-state index contributed by atoms with van der Waals surface area (Å²) in [5.41, 5.74) is 6.42. The Hall–Kier alpha value is -3.81. The molecule has 4 aromatic rings. The number of nitrogens with zero attached hydrogens (tertiary/aromatic N) is 3. The van der Waals surface area contributed by atoms with Crippen LogP contribution in [0.4, 0.5) is 16.2 Å². The smallest absolute Gasteiger partial charge is 0.323 e. The fourth-order valence-corrected chi connectivity index (χ4v) is 4.67. The highest BCUT2D eigenvalue weighted by molar-refractivity contribution is 6.09. The van der Waals surface area contributed by atoms with E-state index in [1.54, 1.807) is 6.20 Å². The van der Waals surface area contributed by atoms with Crippen LogP contribution < -0.4 is 10.6 Å². The van der Waals surface area contributed by atoms with Gasteiger partial charge in [0.05, 0.1) is 24.6 Å². The number of pyridine rings is 2.